The van der Waals surface area contributed by atoms with Crippen molar-refractivity contribution >= 4 is 16.9 Å². The third kappa shape index (κ3) is 2.22. The van der Waals surface area contributed by atoms with Crippen molar-refractivity contribution in [1.29, 1.82) is 0 Å². The lowest BCUT2D eigenvalue weighted by molar-refractivity contribution is 0.0780. The minimum Gasteiger partial charge on any atom is -0.463 e. The first kappa shape index (κ1) is 12.2. The van der Waals surface area contributed by atoms with E-state index < -0.39 is 0 Å². The molecule has 0 saturated carbocycles. The SMILES string of the molecule is CO[C@H]1CNC[C@H]1NC(=O)c1coc2ccccc12. The highest BCUT2D eigenvalue weighted by atomic mass is 16.5. The number of methoxy groups -OCH3 is 1. The molecule has 2 heterocycles. The molecule has 0 aliphatic carbocycles. The molecule has 2 N–H and O–H groups in total. The molecule has 3 rings (SSSR count). The number of fused-ring (bicyclic) bond motifs is 1. The predicted molar refractivity (Wildman–Crippen MR) is 71.1 cm³/mol. The van der Waals surface area contributed by atoms with Crippen LogP contribution in [-0.2, 0) is 4.74 Å². The van der Waals surface area contributed by atoms with Crippen molar-refractivity contribution in [3.8, 4) is 0 Å². The van der Waals surface area contributed by atoms with Crippen LogP contribution < -0.4 is 10.6 Å². The molecule has 1 saturated heterocycles. The number of hydrogen-bond acceptors (Lipinski definition) is 4. The Balaban J connectivity index is 1.80. The molecule has 0 radical (unpaired) electrons. The minimum absolute atomic E-state index is 0.00818. The van der Waals surface area contributed by atoms with E-state index in [0.29, 0.717) is 5.56 Å². The van der Waals surface area contributed by atoms with Crippen molar-refractivity contribution < 1.29 is 13.9 Å². The van der Waals surface area contributed by atoms with Gasteiger partial charge in [0, 0.05) is 25.6 Å². The molecule has 19 heavy (non-hydrogen) atoms. The van der Waals surface area contributed by atoms with E-state index in [1.807, 2.05) is 24.3 Å². The number of ether oxygens (including phenoxy) is 1. The number of furan rings is 1. The third-order valence-electron chi connectivity index (χ3n) is 3.50. The molecule has 5 nitrogen and oxygen atoms in total. The van der Waals surface area contributed by atoms with Gasteiger partial charge in [-0.3, -0.25) is 4.79 Å². The maximum atomic E-state index is 12.3. The molecule has 1 amide bonds. The van der Waals surface area contributed by atoms with Crippen LogP contribution in [0.1, 0.15) is 10.4 Å². The largest absolute Gasteiger partial charge is 0.463 e. The van der Waals surface area contributed by atoms with Gasteiger partial charge in [0.1, 0.15) is 11.8 Å². The molecular weight excluding hydrogens is 244 g/mol. The van der Waals surface area contributed by atoms with Gasteiger partial charge in [0.05, 0.1) is 17.7 Å². The van der Waals surface area contributed by atoms with Crippen LogP contribution in [0.5, 0.6) is 0 Å². The number of carbonyl (C=O) groups is 1. The van der Waals surface area contributed by atoms with Crippen LogP contribution in [0, 0.1) is 0 Å². The smallest absolute Gasteiger partial charge is 0.255 e. The summed E-state index contributed by atoms with van der Waals surface area (Å²) in [6.45, 7) is 1.48. The number of amides is 1. The molecule has 0 bridgehead atoms. The fourth-order valence-electron chi connectivity index (χ4n) is 2.45. The summed E-state index contributed by atoms with van der Waals surface area (Å²) in [5.74, 6) is -0.124. The number of rotatable bonds is 3. The monoisotopic (exact) mass is 260 g/mol. The van der Waals surface area contributed by atoms with Crippen molar-refractivity contribution in [2.45, 2.75) is 12.1 Å². The van der Waals surface area contributed by atoms with E-state index in [4.69, 9.17) is 9.15 Å². The van der Waals surface area contributed by atoms with E-state index in [9.17, 15) is 4.79 Å². The maximum absolute atomic E-state index is 12.3. The van der Waals surface area contributed by atoms with Crippen LogP contribution in [-0.4, -0.2) is 38.3 Å². The fraction of sp³-hybridized carbons (Fsp3) is 0.357. The number of benzene rings is 1. The van der Waals surface area contributed by atoms with E-state index in [1.54, 1.807) is 7.11 Å². The zero-order chi connectivity index (χ0) is 13.2. The lowest BCUT2D eigenvalue weighted by Gasteiger charge is -2.18. The van der Waals surface area contributed by atoms with Gasteiger partial charge in [-0.1, -0.05) is 18.2 Å². The quantitative estimate of drug-likeness (QED) is 0.869. The lowest BCUT2D eigenvalue weighted by atomic mass is 10.1. The Morgan fingerprint density at radius 3 is 3.11 bits per heavy atom. The average Bonchev–Trinajstić information content (AvgIpc) is 3.04. The molecule has 1 aromatic carbocycles. The zero-order valence-corrected chi connectivity index (χ0v) is 10.7. The Morgan fingerprint density at radius 2 is 2.26 bits per heavy atom. The standard InChI is InChI=1S/C14H16N2O3/c1-18-13-7-15-6-11(13)16-14(17)10-8-19-12-5-3-2-4-9(10)12/h2-5,8,11,13,15H,6-7H2,1H3,(H,16,17)/t11-,13+/m1/s1. The second-order valence-corrected chi connectivity index (χ2v) is 4.66. The Hall–Kier alpha value is -1.85. The molecule has 2 aromatic rings. The third-order valence-corrected chi connectivity index (χ3v) is 3.50. The summed E-state index contributed by atoms with van der Waals surface area (Å²) >= 11 is 0. The molecular formula is C14H16N2O3. The summed E-state index contributed by atoms with van der Waals surface area (Å²) in [5, 5.41) is 7.02. The zero-order valence-electron chi connectivity index (χ0n) is 10.7. The van der Waals surface area contributed by atoms with E-state index >= 15 is 0 Å². The van der Waals surface area contributed by atoms with Gasteiger partial charge < -0.3 is 19.8 Å². The van der Waals surface area contributed by atoms with Crippen molar-refractivity contribution in [2.24, 2.45) is 0 Å². The van der Waals surface area contributed by atoms with Gasteiger partial charge in [-0.25, -0.2) is 0 Å². The molecule has 100 valence electrons. The Kier molecular flexibility index (Phi) is 3.23. The number of hydrogen-bond donors (Lipinski definition) is 2. The number of para-hydroxylation sites is 1. The van der Waals surface area contributed by atoms with Gasteiger partial charge in [-0.05, 0) is 6.07 Å². The van der Waals surface area contributed by atoms with Crippen LogP contribution in [0.25, 0.3) is 11.0 Å². The van der Waals surface area contributed by atoms with E-state index in [1.165, 1.54) is 6.26 Å². The van der Waals surface area contributed by atoms with Crippen molar-refractivity contribution in [3.63, 3.8) is 0 Å². The normalized spacial score (nSPS) is 22.8. The van der Waals surface area contributed by atoms with Gasteiger partial charge in [0.15, 0.2) is 0 Å². The highest BCUT2D eigenvalue weighted by molar-refractivity contribution is 6.06. The highest BCUT2D eigenvalue weighted by Crippen LogP contribution is 2.20. The molecule has 0 spiro atoms. The second-order valence-electron chi connectivity index (χ2n) is 4.66. The van der Waals surface area contributed by atoms with Crippen LogP contribution in [0.2, 0.25) is 0 Å². The molecule has 1 fully saturated rings. The molecule has 2 atom stereocenters. The second kappa shape index (κ2) is 5.03. The van der Waals surface area contributed by atoms with Crippen molar-refractivity contribution in [2.75, 3.05) is 20.2 Å². The van der Waals surface area contributed by atoms with Gasteiger partial charge in [0.25, 0.3) is 5.91 Å². The van der Waals surface area contributed by atoms with Gasteiger partial charge in [-0.2, -0.15) is 0 Å². The first-order chi connectivity index (χ1) is 9.29. The topological polar surface area (TPSA) is 63.5 Å². The number of nitrogens with one attached hydrogen (secondary N) is 2. The minimum atomic E-state index is -0.124. The summed E-state index contributed by atoms with van der Waals surface area (Å²) < 4.78 is 10.7. The summed E-state index contributed by atoms with van der Waals surface area (Å²) in [5.41, 5.74) is 1.29. The lowest BCUT2D eigenvalue weighted by Crippen LogP contribution is -2.43. The highest BCUT2D eigenvalue weighted by Gasteiger charge is 2.29. The van der Waals surface area contributed by atoms with E-state index in [0.717, 1.165) is 24.1 Å². The average molecular weight is 260 g/mol. The summed E-state index contributed by atoms with van der Waals surface area (Å²) in [6.07, 6.45) is 1.52. The molecule has 1 aromatic heterocycles. The Labute approximate surface area is 110 Å². The van der Waals surface area contributed by atoms with Gasteiger partial charge in [0.2, 0.25) is 0 Å². The maximum Gasteiger partial charge on any atom is 0.255 e. The first-order valence-electron chi connectivity index (χ1n) is 6.30. The van der Waals surface area contributed by atoms with E-state index in [2.05, 4.69) is 10.6 Å². The molecule has 5 heteroatoms. The Morgan fingerprint density at radius 1 is 1.42 bits per heavy atom. The van der Waals surface area contributed by atoms with Crippen LogP contribution in [0.4, 0.5) is 0 Å². The molecule has 0 unspecified atom stereocenters. The van der Waals surface area contributed by atoms with Gasteiger partial charge >= 0.3 is 0 Å². The summed E-state index contributed by atoms with van der Waals surface area (Å²) in [4.78, 5) is 12.3. The van der Waals surface area contributed by atoms with E-state index in [-0.39, 0.29) is 18.1 Å². The van der Waals surface area contributed by atoms with Crippen LogP contribution in [0.3, 0.4) is 0 Å². The summed E-state index contributed by atoms with van der Waals surface area (Å²) in [7, 11) is 1.66. The van der Waals surface area contributed by atoms with Crippen molar-refractivity contribution in [1.82, 2.24) is 10.6 Å². The van der Waals surface area contributed by atoms with Gasteiger partial charge in [-0.15, -0.1) is 0 Å². The van der Waals surface area contributed by atoms with Crippen molar-refractivity contribution in [3.05, 3.63) is 36.1 Å². The molecule has 1 aliphatic heterocycles. The van der Waals surface area contributed by atoms with Crippen LogP contribution >= 0.6 is 0 Å². The predicted octanol–water partition coefficient (Wildman–Crippen LogP) is 1.15. The molecule has 1 aliphatic rings. The fourth-order valence-corrected chi connectivity index (χ4v) is 2.45. The first-order valence-corrected chi connectivity index (χ1v) is 6.30. The van der Waals surface area contributed by atoms with Crippen LogP contribution in [0.15, 0.2) is 34.9 Å². The Bertz CT molecular complexity index is 593. The summed E-state index contributed by atoms with van der Waals surface area (Å²) in [6, 6.07) is 7.50. The number of carbonyl (C=O) groups excluding carboxylic acids is 1.